The molecule has 2 N–H and O–H groups in total. The summed E-state index contributed by atoms with van der Waals surface area (Å²) in [5, 5.41) is 13.8. The SMILES string of the molecule is CC(=O)NC1C(Oc2cccc(C(C)=O)c2)OC2COC(c3ccccc3)OC2C1O. The van der Waals surface area contributed by atoms with Gasteiger partial charge in [0.15, 0.2) is 12.1 Å². The van der Waals surface area contributed by atoms with Crippen LogP contribution in [0, 0.1) is 0 Å². The van der Waals surface area contributed by atoms with Gasteiger partial charge >= 0.3 is 0 Å². The van der Waals surface area contributed by atoms with E-state index >= 15 is 0 Å². The highest BCUT2D eigenvalue weighted by Crippen LogP contribution is 2.34. The van der Waals surface area contributed by atoms with Gasteiger partial charge in [0.05, 0.1) is 6.61 Å². The van der Waals surface area contributed by atoms with Crippen LogP contribution in [0.1, 0.15) is 36.1 Å². The number of amides is 1. The molecule has 2 heterocycles. The summed E-state index contributed by atoms with van der Waals surface area (Å²) in [6, 6.07) is 15.2. The van der Waals surface area contributed by atoms with Gasteiger partial charge in [-0.05, 0) is 19.1 Å². The van der Waals surface area contributed by atoms with Crippen molar-refractivity contribution in [2.45, 2.75) is 50.8 Å². The molecule has 2 fully saturated rings. The van der Waals surface area contributed by atoms with Crippen LogP contribution in [-0.2, 0) is 19.0 Å². The minimum absolute atomic E-state index is 0.102. The maximum atomic E-state index is 11.8. The van der Waals surface area contributed by atoms with Crippen LogP contribution in [0.4, 0.5) is 0 Å². The van der Waals surface area contributed by atoms with Gasteiger partial charge < -0.3 is 29.4 Å². The van der Waals surface area contributed by atoms with Crippen molar-refractivity contribution in [3.63, 3.8) is 0 Å². The molecule has 8 nitrogen and oxygen atoms in total. The van der Waals surface area contributed by atoms with Crippen molar-refractivity contribution in [1.29, 1.82) is 0 Å². The van der Waals surface area contributed by atoms with Crippen molar-refractivity contribution in [3.05, 3.63) is 65.7 Å². The topological polar surface area (TPSA) is 103 Å². The van der Waals surface area contributed by atoms with E-state index in [0.29, 0.717) is 11.3 Å². The number of carbonyl (C=O) groups excluding carboxylic acids is 2. The first-order valence-electron chi connectivity index (χ1n) is 10.1. The molecule has 164 valence electrons. The molecule has 0 radical (unpaired) electrons. The van der Waals surface area contributed by atoms with Crippen LogP contribution in [0.3, 0.4) is 0 Å². The van der Waals surface area contributed by atoms with Crippen molar-refractivity contribution in [1.82, 2.24) is 5.32 Å². The number of hydrogen-bond acceptors (Lipinski definition) is 7. The van der Waals surface area contributed by atoms with E-state index in [4.69, 9.17) is 18.9 Å². The molecular weight excluding hydrogens is 402 g/mol. The van der Waals surface area contributed by atoms with Gasteiger partial charge in [0.25, 0.3) is 0 Å². The number of benzene rings is 2. The van der Waals surface area contributed by atoms with Gasteiger partial charge in [-0.15, -0.1) is 0 Å². The highest BCUT2D eigenvalue weighted by molar-refractivity contribution is 5.94. The predicted octanol–water partition coefficient (Wildman–Crippen LogP) is 1.97. The fraction of sp³-hybridized carbons (Fsp3) is 0.391. The quantitative estimate of drug-likeness (QED) is 0.703. The van der Waals surface area contributed by atoms with Gasteiger partial charge in [-0.1, -0.05) is 42.5 Å². The first-order valence-corrected chi connectivity index (χ1v) is 10.1. The molecule has 8 heteroatoms. The summed E-state index contributed by atoms with van der Waals surface area (Å²) >= 11 is 0. The average molecular weight is 427 g/mol. The van der Waals surface area contributed by atoms with E-state index in [9.17, 15) is 14.7 Å². The number of rotatable bonds is 5. The van der Waals surface area contributed by atoms with Crippen LogP contribution in [0.15, 0.2) is 54.6 Å². The van der Waals surface area contributed by atoms with E-state index in [1.165, 1.54) is 13.8 Å². The molecule has 0 aromatic heterocycles. The fourth-order valence-electron chi connectivity index (χ4n) is 3.78. The summed E-state index contributed by atoms with van der Waals surface area (Å²) in [4.78, 5) is 23.5. The Balaban J connectivity index is 1.54. The van der Waals surface area contributed by atoms with Gasteiger partial charge in [0, 0.05) is 18.1 Å². The molecule has 2 saturated heterocycles. The standard InChI is InChI=1S/C23H25NO7/c1-13(25)16-9-6-10-17(11-16)29-23-19(24-14(2)26)20(27)21-18(30-23)12-28-22(31-21)15-7-4-3-5-8-15/h3-11,18-23,27H,12H2,1-2H3,(H,24,26). The van der Waals surface area contributed by atoms with Crippen LogP contribution in [0.2, 0.25) is 0 Å². The number of nitrogens with one attached hydrogen (secondary N) is 1. The second-order valence-corrected chi connectivity index (χ2v) is 7.64. The molecule has 2 aromatic rings. The third-order valence-electron chi connectivity index (χ3n) is 5.30. The number of aliphatic hydroxyl groups excluding tert-OH is 1. The normalized spacial score (nSPS) is 30.2. The van der Waals surface area contributed by atoms with Gasteiger partial charge in [-0.25, -0.2) is 0 Å². The van der Waals surface area contributed by atoms with Gasteiger partial charge in [-0.2, -0.15) is 0 Å². The zero-order valence-corrected chi connectivity index (χ0v) is 17.3. The molecular formula is C23H25NO7. The van der Waals surface area contributed by atoms with Crippen LogP contribution in [0.25, 0.3) is 0 Å². The van der Waals surface area contributed by atoms with Crippen LogP contribution >= 0.6 is 0 Å². The highest BCUT2D eigenvalue weighted by atomic mass is 16.7. The monoisotopic (exact) mass is 427 g/mol. The molecule has 4 rings (SSSR count). The largest absolute Gasteiger partial charge is 0.463 e. The lowest BCUT2D eigenvalue weighted by Crippen LogP contribution is -2.67. The Bertz CT molecular complexity index is 935. The van der Waals surface area contributed by atoms with E-state index in [1.54, 1.807) is 24.3 Å². The number of hydrogen-bond donors (Lipinski definition) is 2. The highest BCUT2D eigenvalue weighted by Gasteiger charge is 2.50. The smallest absolute Gasteiger partial charge is 0.223 e. The van der Waals surface area contributed by atoms with E-state index in [0.717, 1.165) is 5.56 Å². The minimum Gasteiger partial charge on any atom is -0.463 e. The summed E-state index contributed by atoms with van der Waals surface area (Å²) in [7, 11) is 0. The van der Waals surface area contributed by atoms with Gasteiger partial charge in [-0.3, -0.25) is 9.59 Å². The summed E-state index contributed by atoms with van der Waals surface area (Å²) in [5.74, 6) is -0.0584. The average Bonchev–Trinajstić information content (AvgIpc) is 2.77. The molecule has 6 unspecified atom stereocenters. The van der Waals surface area contributed by atoms with E-state index < -0.39 is 36.9 Å². The first kappa shape index (κ1) is 21.5. The van der Waals surface area contributed by atoms with Crippen LogP contribution in [-0.4, -0.2) is 54.0 Å². The van der Waals surface area contributed by atoms with E-state index in [1.807, 2.05) is 30.3 Å². The minimum atomic E-state index is -1.10. The Kier molecular flexibility index (Phi) is 6.33. The van der Waals surface area contributed by atoms with Crippen LogP contribution in [0.5, 0.6) is 5.75 Å². The molecule has 6 atom stereocenters. The van der Waals surface area contributed by atoms with E-state index in [-0.39, 0.29) is 18.3 Å². The lowest BCUT2D eigenvalue weighted by atomic mass is 9.95. The number of ketones is 1. The number of aliphatic hydroxyl groups is 1. The maximum absolute atomic E-state index is 11.8. The van der Waals surface area contributed by atoms with Crippen molar-refractivity contribution >= 4 is 11.7 Å². The molecule has 0 aliphatic carbocycles. The maximum Gasteiger partial charge on any atom is 0.223 e. The summed E-state index contributed by atoms with van der Waals surface area (Å²) in [6.45, 7) is 3.00. The van der Waals surface area contributed by atoms with Gasteiger partial charge in [0.2, 0.25) is 12.2 Å². The van der Waals surface area contributed by atoms with Crippen LogP contribution < -0.4 is 10.1 Å². The molecule has 2 aliphatic rings. The summed E-state index contributed by atoms with van der Waals surface area (Å²) < 4.78 is 23.8. The Hall–Kier alpha value is -2.78. The summed E-state index contributed by atoms with van der Waals surface area (Å²) in [5.41, 5.74) is 1.31. The van der Waals surface area contributed by atoms with Crippen molar-refractivity contribution in [2.75, 3.05) is 6.61 Å². The molecule has 0 saturated carbocycles. The lowest BCUT2D eigenvalue weighted by molar-refractivity contribution is -0.333. The third-order valence-corrected chi connectivity index (χ3v) is 5.30. The second kappa shape index (κ2) is 9.15. The molecule has 1 amide bonds. The Morgan fingerprint density at radius 2 is 1.84 bits per heavy atom. The third kappa shape index (κ3) is 4.77. The Morgan fingerprint density at radius 1 is 1.06 bits per heavy atom. The summed E-state index contributed by atoms with van der Waals surface area (Å²) in [6.07, 6.45) is -4.06. The zero-order chi connectivity index (χ0) is 22.0. The molecule has 31 heavy (non-hydrogen) atoms. The molecule has 2 aromatic carbocycles. The first-order chi connectivity index (χ1) is 14.9. The van der Waals surface area contributed by atoms with Crippen molar-refractivity contribution in [3.8, 4) is 5.75 Å². The van der Waals surface area contributed by atoms with E-state index in [2.05, 4.69) is 5.32 Å². The van der Waals surface area contributed by atoms with Gasteiger partial charge in [0.1, 0.15) is 30.1 Å². The van der Waals surface area contributed by atoms with Crippen molar-refractivity contribution < 1.29 is 33.6 Å². The number of carbonyl (C=O) groups is 2. The number of fused-ring (bicyclic) bond motifs is 1. The lowest BCUT2D eigenvalue weighted by Gasteiger charge is -2.47. The zero-order valence-electron chi connectivity index (χ0n) is 17.3. The fourth-order valence-corrected chi connectivity index (χ4v) is 3.78. The Labute approximate surface area is 180 Å². The molecule has 0 bridgehead atoms. The number of Topliss-reactive ketones (excluding diaryl/α,β-unsaturated/α-hetero) is 1. The molecule has 2 aliphatic heterocycles. The van der Waals surface area contributed by atoms with Crippen molar-refractivity contribution in [2.24, 2.45) is 0 Å². The molecule has 0 spiro atoms. The Morgan fingerprint density at radius 3 is 2.55 bits per heavy atom. The second-order valence-electron chi connectivity index (χ2n) is 7.64. The predicted molar refractivity (Wildman–Crippen MR) is 109 cm³/mol. The number of ether oxygens (including phenoxy) is 4.